The molecule has 0 atom stereocenters. The van der Waals surface area contributed by atoms with E-state index in [1.165, 1.54) is 29.5 Å². The van der Waals surface area contributed by atoms with Crippen molar-refractivity contribution in [2.75, 3.05) is 45.8 Å². The first-order chi connectivity index (χ1) is 14.7. The molecule has 1 aromatic carbocycles. The van der Waals surface area contributed by atoms with Gasteiger partial charge in [-0.1, -0.05) is 0 Å². The zero-order valence-electron chi connectivity index (χ0n) is 18.1. The van der Waals surface area contributed by atoms with E-state index in [2.05, 4.69) is 49.4 Å². The summed E-state index contributed by atoms with van der Waals surface area (Å²) in [5.74, 6) is 3.55. The lowest BCUT2D eigenvalue weighted by atomic mass is 9.99. The number of hydrogen-bond acceptors (Lipinski definition) is 5. The number of methoxy groups -OCH3 is 2. The highest BCUT2D eigenvalue weighted by Crippen LogP contribution is 2.33. The van der Waals surface area contributed by atoms with Crippen LogP contribution in [0.4, 0.5) is 5.82 Å². The zero-order valence-corrected chi connectivity index (χ0v) is 18.1. The van der Waals surface area contributed by atoms with Gasteiger partial charge in [0.2, 0.25) is 0 Å². The number of aromatic nitrogens is 1. The van der Waals surface area contributed by atoms with Crippen LogP contribution in [0.3, 0.4) is 0 Å². The van der Waals surface area contributed by atoms with Gasteiger partial charge in [0.15, 0.2) is 17.5 Å². The molecule has 3 heterocycles. The number of aliphatic imine (C=N–C) groups is 1. The van der Waals surface area contributed by atoms with Crippen molar-refractivity contribution in [3.05, 3.63) is 47.2 Å². The van der Waals surface area contributed by atoms with Gasteiger partial charge in [-0.2, -0.15) is 0 Å². The summed E-state index contributed by atoms with van der Waals surface area (Å²) in [6.45, 7) is 4.65. The zero-order chi connectivity index (χ0) is 20.9. The monoisotopic (exact) mass is 409 g/mol. The van der Waals surface area contributed by atoms with Crippen molar-refractivity contribution in [3.8, 4) is 11.5 Å². The van der Waals surface area contributed by atoms with Crippen molar-refractivity contribution in [1.29, 1.82) is 0 Å². The summed E-state index contributed by atoms with van der Waals surface area (Å²) in [5, 5.41) is 3.53. The Bertz CT molecular complexity index is 908. The molecule has 7 nitrogen and oxygen atoms in total. The van der Waals surface area contributed by atoms with Crippen molar-refractivity contribution in [2.24, 2.45) is 4.99 Å². The molecule has 0 aliphatic carbocycles. The third-order valence-corrected chi connectivity index (χ3v) is 5.92. The van der Waals surface area contributed by atoms with Crippen LogP contribution in [0.5, 0.6) is 11.5 Å². The fourth-order valence-electron chi connectivity index (χ4n) is 4.27. The van der Waals surface area contributed by atoms with Gasteiger partial charge in [-0.15, -0.1) is 0 Å². The first-order valence-corrected chi connectivity index (χ1v) is 10.6. The van der Waals surface area contributed by atoms with Crippen LogP contribution >= 0.6 is 0 Å². The molecule has 2 aliphatic rings. The van der Waals surface area contributed by atoms with Gasteiger partial charge in [-0.3, -0.25) is 4.99 Å². The molecule has 7 heteroatoms. The highest BCUT2D eigenvalue weighted by Gasteiger charge is 2.22. The number of nitrogens with zero attached hydrogens (tertiary/aromatic N) is 4. The molecule has 1 fully saturated rings. The van der Waals surface area contributed by atoms with Gasteiger partial charge in [0.1, 0.15) is 5.82 Å². The fraction of sp³-hybridized carbons (Fsp3) is 0.478. The molecular weight excluding hydrogens is 378 g/mol. The molecule has 0 spiro atoms. The van der Waals surface area contributed by atoms with E-state index in [4.69, 9.17) is 9.47 Å². The van der Waals surface area contributed by atoms with Gasteiger partial charge < -0.3 is 24.6 Å². The van der Waals surface area contributed by atoms with E-state index in [0.717, 1.165) is 62.4 Å². The molecule has 1 N–H and O–H groups in total. The van der Waals surface area contributed by atoms with Crippen LogP contribution in [-0.4, -0.2) is 56.7 Å². The number of anilines is 1. The van der Waals surface area contributed by atoms with Crippen LogP contribution in [0.2, 0.25) is 0 Å². The molecule has 0 radical (unpaired) electrons. The average Bonchev–Trinajstić information content (AvgIpc) is 3.33. The summed E-state index contributed by atoms with van der Waals surface area (Å²) in [6.07, 6.45) is 5.36. The number of ether oxygens (including phenoxy) is 2. The molecule has 0 amide bonds. The van der Waals surface area contributed by atoms with Crippen LogP contribution < -0.4 is 19.7 Å². The average molecular weight is 410 g/mol. The largest absolute Gasteiger partial charge is 0.493 e. The van der Waals surface area contributed by atoms with E-state index >= 15 is 0 Å². The number of pyridine rings is 1. The number of fused-ring (bicyclic) bond motifs is 1. The van der Waals surface area contributed by atoms with E-state index in [-0.39, 0.29) is 0 Å². The minimum Gasteiger partial charge on any atom is -0.493 e. The number of guanidine groups is 1. The molecule has 1 saturated heterocycles. The van der Waals surface area contributed by atoms with Gasteiger partial charge in [-0.25, -0.2) is 4.98 Å². The van der Waals surface area contributed by atoms with Crippen molar-refractivity contribution in [1.82, 2.24) is 15.2 Å². The third-order valence-electron chi connectivity index (χ3n) is 5.92. The standard InChI is InChI=1S/C23H31N5O2/c1-24-23(26-15-17-6-8-25-22(12-17)27-9-4-5-10-27)28-11-7-18-13-20(29-2)21(30-3)14-19(18)16-28/h6,8,12-14H,4-5,7,9-11,15-16H2,1-3H3,(H,24,26). The summed E-state index contributed by atoms with van der Waals surface area (Å²) >= 11 is 0. The quantitative estimate of drug-likeness (QED) is 0.605. The lowest BCUT2D eigenvalue weighted by Gasteiger charge is -2.32. The molecule has 2 aromatic rings. The van der Waals surface area contributed by atoms with Crippen molar-refractivity contribution in [2.45, 2.75) is 32.4 Å². The molecule has 0 unspecified atom stereocenters. The molecule has 30 heavy (non-hydrogen) atoms. The lowest BCUT2D eigenvalue weighted by molar-refractivity contribution is 0.346. The summed E-state index contributed by atoms with van der Waals surface area (Å²) in [5.41, 5.74) is 3.78. The molecule has 160 valence electrons. The third kappa shape index (κ3) is 4.30. The van der Waals surface area contributed by atoms with Crippen LogP contribution in [0.15, 0.2) is 35.5 Å². The van der Waals surface area contributed by atoms with E-state index in [0.29, 0.717) is 0 Å². The smallest absolute Gasteiger partial charge is 0.194 e. The maximum absolute atomic E-state index is 5.48. The minimum absolute atomic E-state index is 0.728. The number of benzene rings is 1. The Balaban J connectivity index is 1.42. The van der Waals surface area contributed by atoms with Gasteiger partial charge in [-0.05, 0) is 60.2 Å². The Labute approximate surface area is 178 Å². The summed E-state index contributed by atoms with van der Waals surface area (Å²) < 4.78 is 10.9. The molecule has 2 aliphatic heterocycles. The van der Waals surface area contributed by atoms with E-state index in [1.54, 1.807) is 14.2 Å². The summed E-state index contributed by atoms with van der Waals surface area (Å²) in [6, 6.07) is 8.44. The predicted molar refractivity (Wildman–Crippen MR) is 120 cm³/mol. The van der Waals surface area contributed by atoms with Gasteiger partial charge in [0.05, 0.1) is 14.2 Å². The Morgan fingerprint density at radius 1 is 1.07 bits per heavy atom. The Morgan fingerprint density at radius 3 is 2.50 bits per heavy atom. The molecular formula is C23H31N5O2. The molecule has 0 bridgehead atoms. The first-order valence-electron chi connectivity index (χ1n) is 10.6. The Morgan fingerprint density at radius 2 is 1.80 bits per heavy atom. The van der Waals surface area contributed by atoms with Crippen molar-refractivity contribution in [3.63, 3.8) is 0 Å². The SMILES string of the molecule is CN=C(NCc1ccnc(N2CCCC2)c1)N1CCc2cc(OC)c(OC)cc2C1. The van der Waals surface area contributed by atoms with E-state index in [9.17, 15) is 0 Å². The van der Waals surface area contributed by atoms with Crippen molar-refractivity contribution >= 4 is 11.8 Å². The van der Waals surface area contributed by atoms with Crippen LogP contribution in [0.1, 0.15) is 29.5 Å². The molecule has 4 rings (SSSR count). The molecule has 0 saturated carbocycles. The summed E-state index contributed by atoms with van der Waals surface area (Å²) in [7, 11) is 5.20. The molecule has 1 aromatic heterocycles. The van der Waals surface area contributed by atoms with Crippen LogP contribution in [0.25, 0.3) is 0 Å². The van der Waals surface area contributed by atoms with Gasteiger partial charge >= 0.3 is 0 Å². The Kier molecular flexibility index (Phi) is 6.26. The first kappa shape index (κ1) is 20.3. The maximum Gasteiger partial charge on any atom is 0.194 e. The van der Waals surface area contributed by atoms with Gasteiger partial charge in [0, 0.05) is 46.0 Å². The fourth-order valence-corrected chi connectivity index (χ4v) is 4.27. The number of rotatable bonds is 5. The number of hydrogen-bond donors (Lipinski definition) is 1. The minimum atomic E-state index is 0.728. The van der Waals surface area contributed by atoms with Crippen LogP contribution in [-0.2, 0) is 19.5 Å². The highest BCUT2D eigenvalue weighted by atomic mass is 16.5. The Hall–Kier alpha value is -2.96. The predicted octanol–water partition coefficient (Wildman–Crippen LogP) is 2.83. The summed E-state index contributed by atoms with van der Waals surface area (Å²) in [4.78, 5) is 13.7. The van der Waals surface area contributed by atoms with E-state index < -0.39 is 0 Å². The topological polar surface area (TPSA) is 62.2 Å². The van der Waals surface area contributed by atoms with Crippen molar-refractivity contribution < 1.29 is 9.47 Å². The number of nitrogens with one attached hydrogen (secondary N) is 1. The maximum atomic E-state index is 5.48. The normalized spacial score (nSPS) is 16.4. The second kappa shape index (κ2) is 9.24. The highest BCUT2D eigenvalue weighted by molar-refractivity contribution is 5.80. The second-order valence-electron chi connectivity index (χ2n) is 7.76. The van der Waals surface area contributed by atoms with E-state index in [1.807, 2.05) is 13.2 Å². The lowest BCUT2D eigenvalue weighted by Crippen LogP contribution is -2.43. The second-order valence-corrected chi connectivity index (χ2v) is 7.76. The van der Waals surface area contributed by atoms with Gasteiger partial charge in [0.25, 0.3) is 0 Å². The van der Waals surface area contributed by atoms with Crippen LogP contribution in [0, 0.1) is 0 Å².